The average Bonchev–Trinajstić information content (AvgIpc) is 2.86. The Hall–Kier alpha value is -2.54. The molecule has 1 aromatic carbocycles. The fourth-order valence-corrected chi connectivity index (χ4v) is 3.04. The van der Waals surface area contributed by atoms with E-state index in [1.165, 1.54) is 4.52 Å². The summed E-state index contributed by atoms with van der Waals surface area (Å²) in [6.07, 6.45) is 3.88. The van der Waals surface area contributed by atoms with Crippen molar-refractivity contribution in [3.63, 3.8) is 0 Å². The van der Waals surface area contributed by atoms with Gasteiger partial charge in [-0.25, -0.2) is 0 Å². The molecule has 0 aliphatic heterocycles. The number of unbranched alkanes of at least 4 members (excludes halogenated alkanes) is 1. The Balaban J connectivity index is 1.94. The predicted octanol–water partition coefficient (Wildman–Crippen LogP) is 1.55. The standard InChI is InChI=1S/C17H17N3O3S/c1-3-4-9-23-13-7-5-12(6-8-13)10-14-16(22)20-17(24-14)18-15(21)11(2)19-20/h5-8,10H,3-4,9H2,1-2H3/b14-10+. The van der Waals surface area contributed by atoms with Gasteiger partial charge < -0.3 is 4.74 Å². The minimum Gasteiger partial charge on any atom is -0.494 e. The van der Waals surface area contributed by atoms with E-state index in [0.717, 1.165) is 35.5 Å². The molecule has 0 saturated carbocycles. The molecule has 3 rings (SSSR count). The summed E-state index contributed by atoms with van der Waals surface area (Å²) < 4.78 is 7.28. The minimum absolute atomic E-state index is 0.211. The quantitative estimate of drug-likeness (QED) is 0.657. The summed E-state index contributed by atoms with van der Waals surface area (Å²) >= 11 is 1.15. The fraction of sp³-hybridized carbons (Fsp3) is 0.294. The van der Waals surface area contributed by atoms with E-state index in [2.05, 4.69) is 17.0 Å². The lowest BCUT2D eigenvalue weighted by molar-refractivity contribution is 0.309. The average molecular weight is 343 g/mol. The van der Waals surface area contributed by atoms with Crippen LogP contribution in [0.2, 0.25) is 0 Å². The third kappa shape index (κ3) is 3.35. The van der Waals surface area contributed by atoms with Crippen LogP contribution < -0.4 is 20.4 Å². The van der Waals surface area contributed by atoms with E-state index in [9.17, 15) is 9.59 Å². The molecule has 0 aliphatic carbocycles. The van der Waals surface area contributed by atoms with Crippen LogP contribution in [0.15, 0.2) is 33.9 Å². The maximum Gasteiger partial charge on any atom is 0.295 e. The van der Waals surface area contributed by atoms with Gasteiger partial charge in [0.2, 0.25) is 4.96 Å². The normalized spacial score (nSPS) is 12.0. The molecule has 2 heterocycles. The van der Waals surface area contributed by atoms with E-state index in [1.54, 1.807) is 13.0 Å². The molecule has 0 amide bonds. The Morgan fingerprint density at radius 2 is 2.00 bits per heavy atom. The molecule has 0 N–H and O–H groups in total. The van der Waals surface area contributed by atoms with E-state index >= 15 is 0 Å². The molecule has 0 bridgehead atoms. The summed E-state index contributed by atoms with van der Waals surface area (Å²) in [5.74, 6) is 0.809. The summed E-state index contributed by atoms with van der Waals surface area (Å²) in [5.41, 5.74) is 0.411. The Labute approximate surface area is 142 Å². The third-order valence-corrected chi connectivity index (χ3v) is 4.45. The van der Waals surface area contributed by atoms with Crippen molar-refractivity contribution >= 4 is 22.4 Å². The molecule has 0 atom stereocenters. The van der Waals surface area contributed by atoms with Crippen molar-refractivity contribution in [3.8, 4) is 5.75 Å². The zero-order chi connectivity index (χ0) is 17.1. The van der Waals surface area contributed by atoms with Gasteiger partial charge in [-0.3, -0.25) is 9.59 Å². The molecule has 3 aromatic rings. The molecular weight excluding hydrogens is 326 g/mol. The van der Waals surface area contributed by atoms with Gasteiger partial charge in [-0.05, 0) is 37.1 Å². The van der Waals surface area contributed by atoms with Crippen LogP contribution in [0.5, 0.6) is 5.75 Å². The summed E-state index contributed by atoms with van der Waals surface area (Å²) in [4.78, 5) is 28.1. The summed E-state index contributed by atoms with van der Waals surface area (Å²) in [5, 5.41) is 3.99. The van der Waals surface area contributed by atoms with E-state index in [4.69, 9.17) is 4.74 Å². The van der Waals surface area contributed by atoms with Crippen LogP contribution in [0.25, 0.3) is 11.0 Å². The molecule has 7 heteroatoms. The van der Waals surface area contributed by atoms with Crippen molar-refractivity contribution in [2.24, 2.45) is 0 Å². The van der Waals surface area contributed by atoms with E-state index in [-0.39, 0.29) is 11.3 Å². The second kappa shape index (κ2) is 6.92. The highest BCUT2D eigenvalue weighted by atomic mass is 32.1. The summed E-state index contributed by atoms with van der Waals surface area (Å²) in [6.45, 7) is 4.36. The number of fused-ring (bicyclic) bond motifs is 1. The molecule has 0 spiro atoms. The van der Waals surface area contributed by atoms with Crippen molar-refractivity contribution in [3.05, 3.63) is 60.8 Å². The van der Waals surface area contributed by atoms with Crippen molar-refractivity contribution in [1.82, 2.24) is 14.6 Å². The monoisotopic (exact) mass is 343 g/mol. The Bertz CT molecular complexity index is 1020. The van der Waals surface area contributed by atoms with Crippen LogP contribution in [-0.4, -0.2) is 21.2 Å². The Morgan fingerprint density at radius 3 is 2.71 bits per heavy atom. The first-order valence-electron chi connectivity index (χ1n) is 7.73. The second-order valence-electron chi connectivity index (χ2n) is 5.38. The van der Waals surface area contributed by atoms with Gasteiger partial charge in [0.1, 0.15) is 11.4 Å². The predicted molar refractivity (Wildman–Crippen MR) is 93.8 cm³/mol. The number of benzene rings is 1. The molecule has 0 radical (unpaired) electrons. The third-order valence-electron chi connectivity index (χ3n) is 3.49. The number of aryl methyl sites for hydroxylation is 1. The largest absolute Gasteiger partial charge is 0.494 e. The number of hydrogen-bond acceptors (Lipinski definition) is 6. The number of hydrogen-bond donors (Lipinski definition) is 0. The molecule has 0 unspecified atom stereocenters. The van der Waals surface area contributed by atoms with Crippen LogP contribution in [0, 0.1) is 6.92 Å². The molecule has 2 aromatic heterocycles. The van der Waals surface area contributed by atoms with E-state index in [0.29, 0.717) is 16.1 Å². The Morgan fingerprint density at radius 1 is 1.25 bits per heavy atom. The van der Waals surface area contributed by atoms with Gasteiger partial charge in [0.15, 0.2) is 0 Å². The second-order valence-corrected chi connectivity index (χ2v) is 6.39. The smallest absolute Gasteiger partial charge is 0.295 e. The van der Waals surface area contributed by atoms with Crippen molar-refractivity contribution < 1.29 is 4.74 Å². The number of nitrogens with zero attached hydrogens (tertiary/aromatic N) is 3. The van der Waals surface area contributed by atoms with E-state index < -0.39 is 5.56 Å². The SMILES string of the molecule is CCCCOc1ccc(/C=c2/sc3nc(=O)c(C)nn3c2=O)cc1. The van der Waals surface area contributed by atoms with Gasteiger partial charge in [-0.1, -0.05) is 36.8 Å². The lowest BCUT2D eigenvalue weighted by Crippen LogP contribution is -2.27. The molecule has 124 valence electrons. The number of thiazole rings is 1. The topological polar surface area (TPSA) is 73.6 Å². The van der Waals surface area contributed by atoms with Crippen LogP contribution in [0.1, 0.15) is 31.0 Å². The highest BCUT2D eigenvalue weighted by molar-refractivity contribution is 7.15. The zero-order valence-electron chi connectivity index (χ0n) is 13.5. The minimum atomic E-state index is -0.406. The van der Waals surface area contributed by atoms with Crippen LogP contribution in [0.4, 0.5) is 0 Å². The number of rotatable bonds is 5. The molecule has 6 nitrogen and oxygen atoms in total. The summed E-state index contributed by atoms with van der Waals surface area (Å²) in [6, 6.07) is 7.54. The summed E-state index contributed by atoms with van der Waals surface area (Å²) in [7, 11) is 0. The van der Waals surface area contributed by atoms with Gasteiger partial charge in [-0.2, -0.15) is 14.6 Å². The maximum absolute atomic E-state index is 12.4. The molecule has 0 fully saturated rings. The number of ether oxygens (including phenoxy) is 1. The first kappa shape index (κ1) is 16.3. The Kier molecular flexibility index (Phi) is 4.71. The van der Waals surface area contributed by atoms with E-state index in [1.807, 2.05) is 24.3 Å². The lowest BCUT2D eigenvalue weighted by atomic mass is 10.2. The highest BCUT2D eigenvalue weighted by Crippen LogP contribution is 2.13. The molecule has 24 heavy (non-hydrogen) atoms. The molecular formula is C17H17N3O3S. The molecule has 0 saturated heterocycles. The van der Waals surface area contributed by atoms with Gasteiger partial charge >= 0.3 is 0 Å². The van der Waals surface area contributed by atoms with Gasteiger partial charge in [-0.15, -0.1) is 0 Å². The van der Waals surface area contributed by atoms with Crippen LogP contribution in [-0.2, 0) is 0 Å². The van der Waals surface area contributed by atoms with Crippen LogP contribution >= 0.6 is 11.3 Å². The highest BCUT2D eigenvalue weighted by Gasteiger charge is 2.08. The number of aromatic nitrogens is 3. The van der Waals surface area contributed by atoms with Gasteiger partial charge in [0.25, 0.3) is 11.1 Å². The molecule has 0 aliphatic rings. The fourth-order valence-electron chi connectivity index (χ4n) is 2.13. The maximum atomic E-state index is 12.4. The lowest BCUT2D eigenvalue weighted by Gasteiger charge is -2.04. The van der Waals surface area contributed by atoms with Crippen molar-refractivity contribution in [1.29, 1.82) is 0 Å². The van der Waals surface area contributed by atoms with Crippen molar-refractivity contribution in [2.75, 3.05) is 6.61 Å². The first-order chi connectivity index (χ1) is 11.6. The zero-order valence-corrected chi connectivity index (χ0v) is 14.3. The van der Waals surface area contributed by atoms with Crippen LogP contribution in [0.3, 0.4) is 0 Å². The van der Waals surface area contributed by atoms with Crippen molar-refractivity contribution in [2.45, 2.75) is 26.7 Å². The van der Waals surface area contributed by atoms with Gasteiger partial charge in [0, 0.05) is 0 Å². The first-order valence-corrected chi connectivity index (χ1v) is 8.55. The van der Waals surface area contributed by atoms with Gasteiger partial charge in [0.05, 0.1) is 11.1 Å².